The fourth-order valence-corrected chi connectivity index (χ4v) is 5.17. The molecule has 1 rings (SSSR count). The van der Waals surface area contributed by atoms with Crippen LogP contribution in [0.2, 0.25) is 0 Å². The van der Waals surface area contributed by atoms with Crippen LogP contribution < -0.4 is 5.32 Å². The second-order valence-corrected chi connectivity index (χ2v) is 8.00. The Bertz CT molecular complexity index is 421. The topological polar surface area (TPSA) is 72.5 Å². The van der Waals surface area contributed by atoms with Gasteiger partial charge in [-0.3, -0.25) is 4.79 Å². The number of hydrogen-bond donors (Lipinski definition) is 1. The van der Waals surface area contributed by atoms with E-state index in [1.165, 1.54) is 0 Å². The fraction of sp³-hybridized carbons (Fsp3) is 0.933. The van der Waals surface area contributed by atoms with E-state index < -0.39 is 26.8 Å². The monoisotopic (exact) mass is 319 g/mol. The Balaban J connectivity index is 2.81. The van der Waals surface area contributed by atoms with Gasteiger partial charge >= 0.3 is 5.97 Å². The van der Waals surface area contributed by atoms with Crippen LogP contribution in [0.15, 0.2) is 0 Å². The second-order valence-electron chi connectivity index (χ2n) is 5.78. The van der Waals surface area contributed by atoms with Gasteiger partial charge in [0.2, 0.25) is 0 Å². The quantitative estimate of drug-likeness (QED) is 0.692. The van der Waals surface area contributed by atoms with Crippen molar-refractivity contribution in [3.8, 4) is 0 Å². The molecule has 0 aromatic carbocycles. The first kappa shape index (κ1) is 18.4. The lowest BCUT2D eigenvalue weighted by Crippen LogP contribution is -2.49. The van der Waals surface area contributed by atoms with Gasteiger partial charge in [0, 0.05) is 6.04 Å². The van der Waals surface area contributed by atoms with Crippen molar-refractivity contribution < 1.29 is 17.9 Å². The summed E-state index contributed by atoms with van der Waals surface area (Å²) in [5.74, 6) is -0.677. The molecule has 1 saturated carbocycles. The zero-order chi connectivity index (χ0) is 15.9. The van der Waals surface area contributed by atoms with Crippen molar-refractivity contribution in [2.75, 3.05) is 18.9 Å². The maximum Gasteiger partial charge on any atom is 0.321 e. The highest BCUT2D eigenvalue weighted by Crippen LogP contribution is 2.32. The lowest BCUT2D eigenvalue weighted by atomic mass is 9.83. The molecular formula is C15H29NO4S. The van der Waals surface area contributed by atoms with Crippen molar-refractivity contribution in [1.29, 1.82) is 0 Å². The van der Waals surface area contributed by atoms with Crippen LogP contribution in [-0.4, -0.2) is 44.6 Å². The predicted octanol–water partition coefficient (Wildman–Crippen LogP) is 1.91. The van der Waals surface area contributed by atoms with Gasteiger partial charge in [0.05, 0.1) is 11.9 Å². The standard InChI is InChI=1S/C15H29NO4S/c1-4-7-12-8-9-13(16-5-2)14(10-12)21(18,19)11-15(17)20-6-3/h12-14,16H,4-11H2,1-3H3. The van der Waals surface area contributed by atoms with Gasteiger partial charge in [0.25, 0.3) is 0 Å². The van der Waals surface area contributed by atoms with E-state index in [0.717, 1.165) is 32.2 Å². The molecular weight excluding hydrogens is 290 g/mol. The van der Waals surface area contributed by atoms with Crippen molar-refractivity contribution in [1.82, 2.24) is 5.32 Å². The smallest absolute Gasteiger partial charge is 0.321 e. The van der Waals surface area contributed by atoms with Crippen LogP contribution in [-0.2, 0) is 19.4 Å². The summed E-state index contributed by atoms with van der Waals surface area (Å²) in [5, 5.41) is 2.81. The molecule has 1 aliphatic carbocycles. The first-order valence-electron chi connectivity index (χ1n) is 8.05. The minimum absolute atomic E-state index is 0.0393. The molecule has 6 heteroatoms. The molecule has 5 nitrogen and oxygen atoms in total. The highest BCUT2D eigenvalue weighted by atomic mass is 32.2. The van der Waals surface area contributed by atoms with E-state index in [9.17, 15) is 13.2 Å². The second kappa shape index (κ2) is 8.73. The van der Waals surface area contributed by atoms with Gasteiger partial charge in [0.15, 0.2) is 9.84 Å². The Morgan fingerprint density at radius 2 is 1.95 bits per heavy atom. The van der Waals surface area contributed by atoms with E-state index in [-0.39, 0.29) is 12.6 Å². The van der Waals surface area contributed by atoms with Crippen molar-refractivity contribution in [3.05, 3.63) is 0 Å². The van der Waals surface area contributed by atoms with Crippen LogP contribution in [0.4, 0.5) is 0 Å². The zero-order valence-corrected chi connectivity index (χ0v) is 14.2. The van der Waals surface area contributed by atoms with Crippen molar-refractivity contribution in [2.24, 2.45) is 5.92 Å². The van der Waals surface area contributed by atoms with Crippen LogP contribution in [0.1, 0.15) is 52.9 Å². The Hall–Kier alpha value is -0.620. The normalized spacial score (nSPS) is 26.5. The molecule has 1 N–H and O–H groups in total. The number of hydrogen-bond acceptors (Lipinski definition) is 5. The molecule has 0 heterocycles. The predicted molar refractivity (Wildman–Crippen MR) is 83.9 cm³/mol. The SMILES string of the molecule is CCCC1CCC(NCC)C(S(=O)(=O)CC(=O)OCC)C1. The number of rotatable bonds is 8. The lowest BCUT2D eigenvalue weighted by Gasteiger charge is -2.36. The zero-order valence-electron chi connectivity index (χ0n) is 13.4. The van der Waals surface area contributed by atoms with Crippen LogP contribution in [0.3, 0.4) is 0 Å². The van der Waals surface area contributed by atoms with E-state index in [1.807, 2.05) is 6.92 Å². The van der Waals surface area contributed by atoms with E-state index >= 15 is 0 Å². The van der Waals surface area contributed by atoms with E-state index in [0.29, 0.717) is 12.3 Å². The third-order valence-electron chi connectivity index (χ3n) is 4.15. The molecule has 1 aliphatic rings. The Morgan fingerprint density at radius 3 is 2.52 bits per heavy atom. The summed E-state index contributed by atoms with van der Waals surface area (Å²) in [4.78, 5) is 11.6. The Morgan fingerprint density at radius 1 is 1.24 bits per heavy atom. The number of carbonyl (C=O) groups is 1. The average molecular weight is 319 g/mol. The van der Waals surface area contributed by atoms with Gasteiger partial charge in [-0.25, -0.2) is 8.42 Å². The largest absolute Gasteiger partial charge is 0.465 e. The molecule has 3 atom stereocenters. The summed E-state index contributed by atoms with van der Waals surface area (Å²) >= 11 is 0. The molecule has 0 aliphatic heterocycles. The first-order chi connectivity index (χ1) is 9.94. The Kier molecular flexibility index (Phi) is 7.66. The van der Waals surface area contributed by atoms with Crippen LogP contribution in [0.5, 0.6) is 0 Å². The number of nitrogens with one attached hydrogen (secondary N) is 1. The highest BCUT2D eigenvalue weighted by Gasteiger charge is 2.39. The third kappa shape index (κ3) is 5.58. The van der Waals surface area contributed by atoms with Gasteiger partial charge in [-0.15, -0.1) is 0 Å². The summed E-state index contributed by atoms with van der Waals surface area (Å²) in [5.41, 5.74) is 0. The number of ether oxygens (including phenoxy) is 1. The first-order valence-corrected chi connectivity index (χ1v) is 9.76. The van der Waals surface area contributed by atoms with Crippen LogP contribution in [0.25, 0.3) is 0 Å². The number of esters is 1. The molecule has 1 fully saturated rings. The van der Waals surface area contributed by atoms with Gasteiger partial charge in [-0.2, -0.15) is 0 Å². The molecule has 0 radical (unpaired) electrons. The molecule has 21 heavy (non-hydrogen) atoms. The van der Waals surface area contributed by atoms with Crippen molar-refractivity contribution >= 4 is 15.8 Å². The third-order valence-corrected chi connectivity index (χ3v) is 6.23. The summed E-state index contributed by atoms with van der Waals surface area (Å²) in [6.45, 7) is 6.75. The van der Waals surface area contributed by atoms with E-state index in [1.54, 1.807) is 6.92 Å². The molecule has 0 spiro atoms. The van der Waals surface area contributed by atoms with Gasteiger partial charge in [-0.1, -0.05) is 26.7 Å². The lowest BCUT2D eigenvalue weighted by molar-refractivity contribution is -0.139. The minimum Gasteiger partial charge on any atom is -0.465 e. The molecule has 0 aromatic heterocycles. The minimum atomic E-state index is -3.46. The molecule has 0 amide bonds. The molecule has 0 aromatic rings. The Labute approximate surface area is 128 Å². The summed E-state index contributed by atoms with van der Waals surface area (Å²) in [6, 6.07) is -0.0393. The molecule has 124 valence electrons. The molecule has 0 bridgehead atoms. The summed E-state index contributed by atoms with van der Waals surface area (Å²) < 4.78 is 29.9. The summed E-state index contributed by atoms with van der Waals surface area (Å²) in [6.07, 6.45) is 4.72. The number of carbonyl (C=O) groups excluding carboxylic acids is 1. The van der Waals surface area contributed by atoms with Gasteiger partial charge in [0.1, 0.15) is 5.75 Å². The maximum absolute atomic E-state index is 12.6. The highest BCUT2D eigenvalue weighted by molar-refractivity contribution is 7.92. The maximum atomic E-state index is 12.6. The van der Waals surface area contributed by atoms with Gasteiger partial charge < -0.3 is 10.1 Å². The van der Waals surface area contributed by atoms with Crippen LogP contribution in [0, 0.1) is 5.92 Å². The van der Waals surface area contributed by atoms with E-state index in [4.69, 9.17) is 4.74 Å². The van der Waals surface area contributed by atoms with Crippen LogP contribution >= 0.6 is 0 Å². The molecule has 0 saturated heterocycles. The fourth-order valence-electron chi connectivity index (χ4n) is 3.25. The van der Waals surface area contributed by atoms with E-state index in [2.05, 4.69) is 12.2 Å². The average Bonchev–Trinajstić information content (AvgIpc) is 2.40. The van der Waals surface area contributed by atoms with Gasteiger partial charge in [-0.05, 0) is 38.6 Å². The number of sulfone groups is 1. The summed E-state index contributed by atoms with van der Waals surface area (Å²) in [7, 11) is -3.46. The van der Waals surface area contributed by atoms with Crippen molar-refractivity contribution in [2.45, 2.75) is 64.2 Å². The van der Waals surface area contributed by atoms with Crippen molar-refractivity contribution in [3.63, 3.8) is 0 Å². The molecule has 3 unspecified atom stereocenters.